The fourth-order valence-electron chi connectivity index (χ4n) is 3.43. The molecule has 4 rings (SSSR count). The molecule has 1 fully saturated rings. The topological polar surface area (TPSA) is 30.1 Å². The van der Waals surface area contributed by atoms with Crippen molar-refractivity contribution in [2.45, 2.75) is 25.3 Å². The third-order valence-corrected chi connectivity index (χ3v) is 4.50. The molecule has 2 aromatic heterocycles. The van der Waals surface area contributed by atoms with E-state index in [1.807, 2.05) is 12.1 Å². The van der Waals surface area contributed by atoms with Gasteiger partial charge in [-0.25, -0.2) is 0 Å². The standard InChI is InChI=1S/C18H20N2O/c1-2-6-18-16(5-1)17(14-7-9-19-10-8-14)13-20(18)12-15-4-3-11-21-15/h1-6,11,13-14,19H,7-10,12H2. The van der Waals surface area contributed by atoms with E-state index in [2.05, 4.69) is 40.3 Å². The van der Waals surface area contributed by atoms with Gasteiger partial charge in [-0.15, -0.1) is 0 Å². The summed E-state index contributed by atoms with van der Waals surface area (Å²) in [6.45, 7) is 3.06. The molecule has 0 bridgehead atoms. The Labute approximate surface area is 124 Å². The van der Waals surface area contributed by atoms with Crippen LogP contribution in [0.25, 0.3) is 10.9 Å². The Morgan fingerprint density at radius 1 is 1.10 bits per heavy atom. The zero-order valence-corrected chi connectivity index (χ0v) is 12.1. The second-order valence-electron chi connectivity index (χ2n) is 5.83. The lowest BCUT2D eigenvalue weighted by Crippen LogP contribution is -2.26. The van der Waals surface area contributed by atoms with Crippen molar-refractivity contribution in [3.05, 3.63) is 60.2 Å². The first-order valence-electron chi connectivity index (χ1n) is 7.73. The van der Waals surface area contributed by atoms with Crippen molar-refractivity contribution in [3.63, 3.8) is 0 Å². The second kappa shape index (κ2) is 5.41. The van der Waals surface area contributed by atoms with Crippen molar-refractivity contribution in [1.82, 2.24) is 9.88 Å². The maximum atomic E-state index is 5.51. The molecule has 3 aromatic rings. The van der Waals surface area contributed by atoms with E-state index in [4.69, 9.17) is 4.42 Å². The van der Waals surface area contributed by atoms with Gasteiger partial charge in [-0.3, -0.25) is 0 Å². The summed E-state index contributed by atoms with van der Waals surface area (Å²) in [5.74, 6) is 1.68. The highest BCUT2D eigenvalue weighted by Gasteiger charge is 2.20. The number of aromatic nitrogens is 1. The van der Waals surface area contributed by atoms with Crippen LogP contribution < -0.4 is 5.32 Å². The highest BCUT2D eigenvalue weighted by molar-refractivity contribution is 5.84. The molecule has 0 unspecified atom stereocenters. The van der Waals surface area contributed by atoms with Crippen LogP contribution in [-0.2, 0) is 6.54 Å². The van der Waals surface area contributed by atoms with Crippen LogP contribution in [0, 0.1) is 0 Å². The Bertz CT molecular complexity index is 721. The minimum Gasteiger partial charge on any atom is -0.467 e. The van der Waals surface area contributed by atoms with Crippen LogP contribution in [0.3, 0.4) is 0 Å². The van der Waals surface area contributed by atoms with Gasteiger partial charge < -0.3 is 14.3 Å². The van der Waals surface area contributed by atoms with E-state index in [-0.39, 0.29) is 0 Å². The number of hydrogen-bond donors (Lipinski definition) is 1. The zero-order chi connectivity index (χ0) is 14.1. The van der Waals surface area contributed by atoms with Crippen LogP contribution >= 0.6 is 0 Å². The lowest BCUT2D eigenvalue weighted by Gasteiger charge is -2.22. The van der Waals surface area contributed by atoms with Crippen LogP contribution in [0.1, 0.15) is 30.1 Å². The Morgan fingerprint density at radius 2 is 1.95 bits per heavy atom. The van der Waals surface area contributed by atoms with Crippen LogP contribution in [0.15, 0.2) is 53.3 Å². The molecule has 1 aliphatic heterocycles. The molecule has 0 radical (unpaired) electrons. The summed E-state index contributed by atoms with van der Waals surface area (Å²) >= 11 is 0. The van der Waals surface area contributed by atoms with Gasteiger partial charge >= 0.3 is 0 Å². The largest absolute Gasteiger partial charge is 0.467 e. The fraction of sp³-hybridized carbons (Fsp3) is 0.333. The fourth-order valence-corrected chi connectivity index (χ4v) is 3.43. The quantitative estimate of drug-likeness (QED) is 0.792. The number of nitrogens with one attached hydrogen (secondary N) is 1. The predicted molar refractivity (Wildman–Crippen MR) is 84.6 cm³/mol. The SMILES string of the molecule is c1coc(Cn2cc(C3CCNCC3)c3ccccc32)c1. The highest BCUT2D eigenvalue weighted by Crippen LogP contribution is 2.33. The number of rotatable bonds is 3. The molecule has 0 saturated carbocycles. The Morgan fingerprint density at radius 3 is 2.76 bits per heavy atom. The molecule has 3 heterocycles. The van der Waals surface area contributed by atoms with Crippen molar-refractivity contribution in [2.75, 3.05) is 13.1 Å². The van der Waals surface area contributed by atoms with Gasteiger partial charge in [-0.05, 0) is 55.6 Å². The maximum absolute atomic E-state index is 5.51. The number of para-hydroxylation sites is 1. The van der Waals surface area contributed by atoms with Gasteiger partial charge in [0.2, 0.25) is 0 Å². The van der Waals surface area contributed by atoms with Gasteiger partial charge in [0.25, 0.3) is 0 Å². The third kappa shape index (κ3) is 2.38. The molecule has 108 valence electrons. The van der Waals surface area contributed by atoms with Gasteiger partial charge in [0.05, 0.1) is 12.8 Å². The van der Waals surface area contributed by atoms with Gasteiger partial charge in [0, 0.05) is 17.1 Å². The van der Waals surface area contributed by atoms with Gasteiger partial charge in [0.15, 0.2) is 0 Å². The molecule has 0 spiro atoms. The first-order valence-corrected chi connectivity index (χ1v) is 7.73. The first-order chi connectivity index (χ1) is 10.4. The summed E-state index contributed by atoms with van der Waals surface area (Å²) in [5, 5.41) is 4.85. The van der Waals surface area contributed by atoms with Crippen molar-refractivity contribution in [3.8, 4) is 0 Å². The van der Waals surface area contributed by atoms with Crippen LogP contribution in [0.2, 0.25) is 0 Å². The predicted octanol–water partition coefficient (Wildman–Crippen LogP) is 3.75. The first kappa shape index (κ1) is 12.7. The van der Waals surface area contributed by atoms with Crippen LogP contribution in [0.4, 0.5) is 0 Å². The summed E-state index contributed by atoms with van der Waals surface area (Å²) in [5.41, 5.74) is 2.81. The van der Waals surface area contributed by atoms with Crippen molar-refractivity contribution < 1.29 is 4.42 Å². The summed E-state index contributed by atoms with van der Waals surface area (Å²) < 4.78 is 7.84. The normalized spacial score (nSPS) is 16.6. The minimum absolute atomic E-state index is 0.675. The molecule has 3 heteroatoms. The van der Waals surface area contributed by atoms with Crippen molar-refractivity contribution >= 4 is 10.9 Å². The average molecular weight is 280 g/mol. The molecular weight excluding hydrogens is 260 g/mol. The summed E-state index contributed by atoms with van der Waals surface area (Å²) in [7, 11) is 0. The van der Waals surface area contributed by atoms with E-state index < -0.39 is 0 Å². The van der Waals surface area contributed by atoms with Gasteiger partial charge in [-0.1, -0.05) is 18.2 Å². The average Bonchev–Trinajstić information content (AvgIpc) is 3.17. The number of furan rings is 1. The molecule has 1 saturated heterocycles. The molecule has 1 aliphatic rings. The molecule has 3 nitrogen and oxygen atoms in total. The van der Waals surface area contributed by atoms with E-state index in [1.54, 1.807) is 6.26 Å². The molecule has 0 amide bonds. The number of nitrogens with zero attached hydrogens (tertiary/aromatic N) is 1. The molecule has 1 aromatic carbocycles. The molecule has 21 heavy (non-hydrogen) atoms. The zero-order valence-electron chi connectivity index (χ0n) is 12.1. The lowest BCUT2D eigenvalue weighted by atomic mass is 9.90. The number of piperidine rings is 1. The van der Waals surface area contributed by atoms with Gasteiger partial charge in [-0.2, -0.15) is 0 Å². The summed E-state index contributed by atoms with van der Waals surface area (Å²) in [6, 6.07) is 12.7. The van der Waals surface area contributed by atoms with E-state index in [0.29, 0.717) is 5.92 Å². The smallest absolute Gasteiger partial charge is 0.123 e. The van der Waals surface area contributed by atoms with Crippen molar-refractivity contribution in [2.24, 2.45) is 0 Å². The van der Waals surface area contributed by atoms with E-state index in [9.17, 15) is 0 Å². The van der Waals surface area contributed by atoms with E-state index in [0.717, 1.165) is 25.4 Å². The minimum atomic E-state index is 0.675. The van der Waals surface area contributed by atoms with Crippen molar-refractivity contribution in [1.29, 1.82) is 0 Å². The summed E-state index contributed by atoms with van der Waals surface area (Å²) in [4.78, 5) is 0. The third-order valence-electron chi connectivity index (χ3n) is 4.50. The van der Waals surface area contributed by atoms with Gasteiger partial charge in [0.1, 0.15) is 5.76 Å². The lowest BCUT2D eigenvalue weighted by molar-refractivity contribution is 0.460. The van der Waals surface area contributed by atoms with Crippen LogP contribution in [-0.4, -0.2) is 17.7 Å². The molecule has 0 aliphatic carbocycles. The molecule has 0 atom stereocenters. The van der Waals surface area contributed by atoms with Crippen LogP contribution in [0.5, 0.6) is 0 Å². The Kier molecular flexibility index (Phi) is 3.28. The number of benzene rings is 1. The van der Waals surface area contributed by atoms with E-state index in [1.165, 1.54) is 29.3 Å². The maximum Gasteiger partial charge on any atom is 0.123 e. The summed E-state index contributed by atoms with van der Waals surface area (Å²) in [6.07, 6.45) is 6.54. The molecular formula is C18H20N2O. The number of hydrogen-bond acceptors (Lipinski definition) is 2. The Hall–Kier alpha value is -2.00. The monoisotopic (exact) mass is 280 g/mol. The second-order valence-corrected chi connectivity index (χ2v) is 5.83. The Balaban J connectivity index is 1.76. The number of fused-ring (bicyclic) bond motifs is 1. The highest BCUT2D eigenvalue weighted by atomic mass is 16.3. The molecule has 1 N–H and O–H groups in total. The van der Waals surface area contributed by atoms with E-state index >= 15 is 0 Å².